The summed E-state index contributed by atoms with van der Waals surface area (Å²) in [7, 11) is 0. The number of hydrogen-bond donors (Lipinski definition) is 0. The molecule has 11 heavy (non-hydrogen) atoms. The number of hydrogen-bond acceptors (Lipinski definition) is 1. The average molecular weight is 166 g/mol. The fraction of sp³-hybridized carbons (Fsp3) is 0.400. The fourth-order valence-electron chi connectivity index (χ4n) is 0.858. The van der Waals surface area contributed by atoms with Crippen molar-refractivity contribution in [1.82, 2.24) is 0 Å². The summed E-state index contributed by atoms with van der Waals surface area (Å²) in [5.74, 6) is 0. The van der Waals surface area contributed by atoms with Crippen molar-refractivity contribution in [2.45, 2.75) is 27.2 Å². The predicted molar refractivity (Wildman–Crippen MR) is 53.0 cm³/mol. The van der Waals surface area contributed by atoms with E-state index in [2.05, 4.69) is 38.3 Å². The van der Waals surface area contributed by atoms with Crippen LogP contribution in [-0.2, 0) is 0 Å². The molecule has 0 fully saturated rings. The van der Waals surface area contributed by atoms with Gasteiger partial charge in [0.1, 0.15) is 0 Å². The van der Waals surface area contributed by atoms with E-state index in [1.807, 2.05) is 11.3 Å². The van der Waals surface area contributed by atoms with Crippen molar-refractivity contribution < 1.29 is 0 Å². The summed E-state index contributed by atoms with van der Waals surface area (Å²) >= 11 is 1.82. The quantitative estimate of drug-likeness (QED) is 0.625. The van der Waals surface area contributed by atoms with Crippen molar-refractivity contribution in [3.63, 3.8) is 0 Å². The fourth-order valence-corrected chi connectivity index (χ4v) is 1.80. The van der Waals surface area contributed by atoms with Crippen LogP contribution in [0.15, 0.2) is 17.0 Å². The van der Waals surface area contributed by atoms with Crippen molar-refractivity contribution in [3.8, 4) is 0 Å². The third kappa shape index (κ3) is 2.19. The maximum absolute atomic E-state index is 2.28. The van der Waals surface area contributed by atoms with Crippen molar-refractivity contribution in [2.24, 2.45) is 0 Å². The van der Waals surface area contributed by atoms with Gasteiger partial charge in [-0.1, -0.05) is 12.5 Å². The molecule has 0 aromatic carbocycles. The Morgan fingerprint density at radius 1 is 1.64 bits per heavy atom. The van der Waals surface area contributed by atoms with Gasteiger partial charge in [-0.15, -0.1) is 11.3 Å². The highest BCUT2D eigenvalue weighted by molar-refractivity contribution is 7.11. The predicted octanol–water partition coefficient (Wildman–Crippen LogP) is 3.87. The van der Waals surface area contributed by atoms with Crippen molar-refractivity contribution in [3.05, 3.63) is 27.5 Å². The third-order valence-corrected chi connectivity index (χ3v) is 2.80. The standard InChI is InChI=1S/C10H14S/c1-4-8(2)7-10-9(3)5-6-11-10/h5-7H,4H2,1-3H3/b8-7+. The van der Waals surface area contributed by atoms with Crippen LogP contribution in [0.2, 0.25) is 0 Å². The first-order valence-electron chi connectivity index (χ1n) is 3.95. The molecule has 0 spiro atoms. The zero-order valence-electron chi connectivity index (χ0n) is 7.35. The molecule has 60 valence electrons. The van der Waals surface area contributed by atoms with Crippen LogP contribution in [0, 0.1) is 6.92 Å². The largest absolute Gasteiger partial charge is 0.144 e. The van der Waals surface area contributed by atoms with Gasteiger partial charge in [0.05, 0.1) is 0 Å². The zero-order chi connectivity index (χ0) is 8.27. The van der Waals surface area contributed by atoms with Gasteiger partial charge in [-0.25, -0.2) is 0 Å². The summed E-state index contributed by atoms with van der Waals surface area (Å²) in [4.78, 5) is 1.41. The van der Waals surface area contributed by atoms with E-state index in [1.165, 1.54) is 16.0 Å². The van der Waals surface area contributed by atoms with Gasteiger partial charge >= 0.3 is 0 Å². The lowest BCUT2D eigenvalue weighted by Crippen LogP contribution is -1.72. The van der Waals surface area contributed by atoms with Crippen LogP contribution in [-0.4, -0.2) is 0 Å². The highest BCUT2D eigenvalue weighted by atomic mass is 32.1. The molecule has 0 aliphatic rings. The van der Waals surface area contributed by atoms with Crippen LogP contribution >= 0.6 is 11.3 Å². The lowest BCUT2D eigenvalue weighted by molar-refractivity contribution is 1.11. The maximum Gasteiger partial charge on any atom is 0.0298 e. The molecule has 0 atom stereocenters. The van der Waals surface area contributed by atoms with E-state index < -0.39 is 0 Å². The van der Waals surface area contributed by atoms with Gasteiger partial charge in [0, 0.05) is 4.88 Å². The van der Waals surface area contributed by atoms with Crippen molar-refractivity contribution >= 4 is 17.4 Å². The molecule has 0 radical (unpaired) electrons. The molecule has 1 aromatic rings. The van der Waals surface area contributed by atoms with Crippen molar-refractivity contribution in [2.75, 3.05) is 0 Å². The molecule has 1 heteroatoms. The normalized spacial score (nSPS) is 12.1. The van der Waals surface area contributed by atoms with Gasteiger partial charge in [-0.2, -0.15) is 0 Å². The minimum atomic E-state index is 1.15. The van der Waals surface area contributed by atoms with Gasteiger partial charge in [0.15, 0.2) is 0 Å². The summed E-state index contributed by atoms with van der Waals surface area (Å²) in [5, 5.41) is 2.14. The van der Waals surface area contributed by atoms with E-state index in [0.717, 1.165) is 6.42 Å². The van der Waals surface area contributed by atoms with E-state index in [4.69, 9.17) is 0 Å². The number of rotatable bonds is 2. The molecule has 0 bridgehead atoms. The molecular formula is C10H14S. The lowest BCUT2D eigenvalue weighted by atomic mass is 10.2. The molecule has 0 unspecified atom stereocenters. The van der Waals surface area contributed by atoms with E-state index >= 15 is 0 Å². The highest BCUT2D eigenvalue weighted by Gasteiger charge is 1.94. The molecule has 0 nitrogen and oxygen atoms in total. The van der Waals surface area contributed by atoms with Crippen LogP contribution in [0.3, 0.4) is 0 Å². The third-order valence-electron chi connectivity index (χ3n) is 1.84. The molecule has 0 N–H and O–H groups in total. The molecule has 0 aliphatic heterocycles. The monoisotopic (exact) mass is 166 g/mol. The molecule has 1 aromatic heterocycles. The van der Waals surface area contributed by atoms with Gasteiger partial charge in [-0.05, 0) is 43.4 Å². The molecule has 1 heterocycles. The Hall–Kier alpha value is -0.560. The van der Waals surface area contributed by atoms with Gasteiger partial charge < -0.3 is 0 Å². The average Bonchev–Trinajstić information content (AvgIpc) is 2.37. The van der Waals surface area contributed by atoms with Crippen LogP contribution in [0.1, 0.15) is 30.7 Å². The maximum atomic E-state index is 2.28. The summed E-state index contributed by atoms with van der Waals surface area (Å²) in [6, 6.07) is 2.17. The smallest absolute Gasteiger partial charge is 0.0298 e. The Kier molecular flexibility index (Phi) is 2.89. The number of allylic oxidation sites excluding steroid dienone is 1. The minimum absolute atomic E-state index is 1.15. The summed E-state index contributed by atoms with van der Waals surface area (Å²) in [6.07, 6.45) is 3.43. The Bertz CT molecular complexity index is 256. The second kappa shape index (κ2) is 3.72. The van der Waals surface area contributed by atoms with Crippen LogP contribution < -0.4 is 0 Å². The summed E-state index contributed by atoms with van der Waals surface area (Å²) in [5.41, 5.74) is 2.85. The van der Waals surface area contributed by atoms with Crippen LogP contribution in [0.25, 0.3) is 6.08 Å². The zero-order valence-corrected chi connectivity index (χ0v) is 8.16. The molecule has 0 aliphatic carbocycles. The van der Waals surface area contributed by atoms with E-state index in [1.54, 1.807) is 0 Å². The number of thiophene rings is 1. The van der Waals surface area contributed by atoms with E-state index in [0.29, 0.717) is 0 Å². The first kappa shape index (κ1) is 8.54. The van der Waals surface area contributed by atoms with Crippen molar-refractivity contribution in [1.29, 1.82) is 0 Å². The van der Waals surface area contributed by atoms with Crippen LogP contribution in [0.4, 0.5) is 0 Å². The molecule has 0 saturated carbocycles. The highest BCUT2D eigenvalue weighted by Crippen LogP contribution is 2.19. The molecule has 0 saturated heterocycles. The summed E-state index contributed by atoms with van der Waals surface area (Å²) < 4.78 is 0. The Balaban J connectivity index is 2.86. The Morgan fingerprint density at radius 3 is 2.82 bits per heavy atom. The lowest BCUT2D eigenvalue weighted by Gasteiger charge is -1.94. The van der Waals surface area contributed by atoms with Gasteiger partial charge in [0.2, 0.25) is 0 Å². The topological polar surface area (TPSA) is 0 Å². The molecule has 0 amide bonds. The SMILES string of the molecule is CC/C(C)=C/c1sccc1C. The Labute approximate surface area is 72.6 Å². The van der Waals surface area contributed by atoms with Gasteiger partial charge in [-0.3, -0.25) is 0 Å². The first-order valence-corrected chi connectivity index (χ1v) is 4.83. The first-order chi connectivity index (χ1) is 5.24. The van der Waals surface area contributed by atoms with E-state index in [9.17, 15) is 0 Å². The Morgan fingerprint density at radius 2 is 2.36 bits per heavy atom. The molecular weight excluding hydrogens is 152 g/mol. The summed E-state index contributed by atoms with van der Waals surface area (Å²) in [6.45, 7) is 6.53. The van der Waals surface area contributed by atoms with E-state index in [-0.39, 0.29) is 0 Å². The van der Waals surface area contributed by atoms with Gasteiger partial charge in [0.25, 0.3) is 0 Å². The molecule has 1 rings (SSSR count). The number of aryl methyl sites for hydroxylation is 1. The second-order valence-corrected chi connectivity index (χ2v) is 3.76. The second-order valence-electron chi connectivity index (χ2n) is 2.81. The van der Waals surface area contributed by atoms with Crippen LogP contribution in [0.5, 0.6) is 0 Å². The minimum Gasteiger partial charge on any atom is -0.144 e.